The molecule has 1 amide bonds. The molecule has 2 aromatic rings. The first kappa shape index (κ1) is 21.5. The molecule has 0 aliphatic heterocycles. The highest BCUT2D eigenvalue weighted by Gasteiger charge is 2.24. The van der Waals surface area contributed by atoms with Crippen molar-refractivity contribution < 1.29 is 27.1 Å². The quantitative estimate of drug-likeness (QED) is 0.685. The van der Waals surface area contributed by atoms with E-state index in [1.807, 2.05) is 0 Å². The third-order valence-electron chi connectivity index (χ3n) is 3.78. The van der Waals surface area contributed by atoms with Crippen molar-refractivity contribution in [3.8, 4) is 11.5 Å². The van der Waals surface area contributed by atoms with Gasteiger partial charge in [0, 0.05) is 0 Å². The lowest BCUT2D eigenvalue weighted by molar-refractivity contribution is -0.120. The van der Waals surface area contributed by atoms with E-state index in [0.717, 1.165) is 16.6 Å². The van der Waals surface area contributed by atoms with Crippen LogP contribution in [0.1, 0.15) is 6.92 Å². The Balaban J connectivity index is 1.95. The largest absolute Gasteiger partial charge is 0.497 e. The molecule has 9 heteroatoms. The molecule has 1 unspecified atom stereocenters. The molecule has 0 heterocycles. The van der Waals surface area contributed by atoms with Gasteiger partial charge in [0.1, 0.15) is 30.5 Å². The standard InChI is InChI=1S/C19H23FN2O5S/c1-14(13-27-16-10-8-15(26-2)9-11-16)21-19(23)12-22(28(3,24)25)18-7-5-4-6-17(18)20/h4-11,14H,12-13H2,1-3H3,(H,21,23). The van der Waals surface area contributed by atoms with Crippen LogP contribution < -0.4 is 19.1 Å². The van der Waals surface area contributed by atoms with E-state index in [1.165, 1.54) is 18.2 Å². The van der Waals surface area contributed by atoms with E-state index < -0.39 is 34.3 Å². The number of nitrogens with zero attached hydrogens (tertiary/aromatic N) is 1. The molecule has 0 saturated heterocycles. The topological polar surface area (TPSA) is 84.9 Å². The Morgan fingerprint density at radius 1 is 1.14 bits per heavy atom. The number of anilines is 1. The molecule has 0 spiro atoms. The number of amides is 1. The second-order valence-electron chi connectivity index (χ2n) is 6.18. The maximum atomic E-state index is 14.0. The molecule has 0 aromatic heterocycles. The first-order chi connectivity index (χ1) is 13.2. The van der Waals surface area contributed by atoms with E-state index in [1.54, 1.807) is 38.3 Å². The number of hydrogen-bond acceptors (Lipinski definition) is 5. The van der Waals surface area contributed by atoms with Crippen LogP contribution in [0.25, 0.3) is 0 Å². The van der Waals surface area contributed by atoms with Crippen LogP contribution in [-0.2, 0) is 14.8 Å². The van der Waals surface area contributed by atoms with Crippen molar-refractivity contribution in [3.63, 3.8) is 0 Å². The fourth-order valence-electron chi connectivity index (χ4n) is 2.42. The maximum absolute atomic E-state index is 14.0. The van der Waals surface area contributed by atoms with Crippen molar-refractivity contribution in [2.24, 2.45) is 0 Å². The summed E-state index contributed by atoms with van der Waals surface area (Å²) in [7, 11) is -2.28. The summed E-state index contributed by atoms with van der Waals surface area (Å²) in [6.45, 7) is 1.36. The number of methoxy groups -OCH3 is 1. The summed E-state index contributed by atoms with van der Waals surface area (Å²) < 4.78 is 49.4. The summed E-state index contributed by atoms with van der Waals surface area (Å²) in [5, 5.41) is 2.65. The average molecular weight is 410 g/mol. The first-order valence-electron chi connectivity index (χ1n) is 8.49. The second-order valence-corrected chi connectivity index (χ2v) is 8.08. The monoisotopic (exact) mass is 410 g/mol. The summed E-state index contributed by atoms with van der Waals surface area (Å²) >= 11 is 0. The fraction of sp³-hybridized carbons (Fsp3) is 0.316. The van der Waals surface area contributed by atoms with Gasteiger partial charge in [-0.05, 0) is 43.3 Å². The van der Waals surface area contributed by atoms with Crippen molar-refractivity contribution >= 4 is 21.6 Å². The maximum Gasteiger partial charge on any atom is 0.241 e. The smallest absolute Gasteiger partial charge is 0.241 e. The normalized spacial score (nSPS) is 12.1. The Kier molecular flexibility index (Phi) is 7.22. The van der Waals surface area contributed by atoms with Crippen LogP contribution >= 0.6 is 0 Å². The summed E-state index contributed by atoms with van der Waals surface area (Å²) in [4.78, 5) is 12.3. The van der Waals surface area contributed by atoms with Gasteiger partial charge in [0.2, 0.25) is 15.9 Å². The van der Waals surface area contributed by atoms with E-state index in [4.69, 9.17) is 9.47 Å². The van der Waals surface area contributed by atoms with E-state index in [2.05, 4.69) is 5.32 Å². The van der Waals surface area contributed by atoms with Crippen LogP contribution in [-0.4, -0.2) is 46.9 Å². The molecule has 28 heavy (non-hydrogen) atoms. The second kappa shape index (κ2) is 9.41. The number of para-hydroxylation sites is 1. The van der Waals surface area contributed by atoms with Gasteiger partial charge in [0.25, 0.3) is 0 Å². The molecule has 2 aromatic carbocycles. The Morgan fingerprint density at radius 3 is 2.32 bits per heavy atom. The minimum absolute atomic E-state index is 0.177. The molecule has 0 fully saturated rings. The van der Waals surface area contributed by atoms with Gasteiger partial charge in [-0.25, -0.2) is 12.8 Å². The van der Waals surface area contributed by atoms with Crippen LogP contribution in [0.15, 0.2) is 48.5 Å². The first-order valence-corrected chi connectivity index (χ1v) is 10.3. The van der Waals surface area contributed by atoms with Gasteiger partial charge in [-0.3, -0.25) is 9.10 Å². The zero-order valence-corrected chi connectivity index (χ0v) is 16.7. The third kappa shape index (κ3) is 6.12. The Bertz CT molecular complexity index is 903. The summed E-state index contributed by atoms with van der Waals surface area (Å²) in [5.41, 5.74) is -0.178. The van der Waals surface area contributed by atoms with Crippen molar-refractivity contribution in [3.05, 3.63) is 54.3 Å². The van der Waals surface area contributed by atoms with Crippen molar-refractivity contribution in [1.82, 2.24) is 5.32 Å². The highest BCUT2D eigenvalue weighted by molar-refractivity contribution is 7.92. The predicted octanol–water partition coefficient (Wildman–Crippen LogP) is 2.18. The highest BCUT2D eigenvalue weighted by Crippen LogP contribution is 2.21. The third-order valence-corrected chi connectivity index (χ3v) is 4.90. The van der Waals surface area contributed by atoms with E-state index in [0.29, 0.717) is 11.5 Å². The number of carbonyl (C=O) groups excluding carboxylic acids is 1. The lowest BCUT2D eigenvalue weighted by atomic mass is 10.3. The molecule has 152 valence electrons. The molecule has 0 radical (unpaired) electrons. The van der Waals surface area contributed by atoms with E-state index in [-0.39, 0.29) is 12.3 Å². The zero-order chi connectivity index (χ0) is 20.7. The number of hydrogen-bond donors (Lipinski definition) is 1. The molecule has 0 aliphatic carbocycles. The molecular formula is C19H23FN2O5S. The molecule has 0 saturated carbocycles. The fourth-order valence-corrected chi connectivity index (χ4v) is 3.28. The van der Waals surface area contributed by atoms with Crippen molar-refractivity contribution in [2.75, 3.05) is 30.8 Å². The van der Waals surface area contributed by atoms with Gasteiger partial charge in [-0.15, -0.1) is 0 Å². The number of sulfonamides is 1. The molecule has 0 aliphatic rings. The van der Waals surface area contributed by atoms with Crippen molar-refractivity contribution in [2.45, 2.75) is 13.0 Å². The number of carbonyl (C=O) groups is 1. The van der Waals surface area contributed by atoms with Crippen LogP contribution in [0.4, 0.5) is 10.1 Å². The molecular weight excluding hydrogens is 387 g/mol. The number of halogens is 1. The minimum Gasteiger partial charge on any atom is -0.497 e. The van der Waals surface area contributed by atoms with Gasteiger partial charge in [0.15, 0.2) is 0 Å². The number of nitrogens with one attached hydrogen (secondary N) is 1. The SMILES string of the molecule is COc1ccc(OCC(C)NC(=O)CN(c2ccccc2F)S(C)(=O)=O)cc1. The molecule has 1 N–H and O–H groups in total. The molecule has 7 nitrogen and oxygen atoms in total. The van der Waals surface area contributed by atoms with Crippen LogP contribution in [0.2, 0.25) is 0 Å². The predicted molar refractivity (Wildman–Crippen MR) is 105 cm³/mol. The number of rotatable bonds is 9. The Hall–Kier alpha value is -2.81. The highest BCUT2D eigenvalue weighted by atomic mass is 32.2. The Morgan fingerprint density at radius 2 is 1.75 bits per heavy atom. The van der Waals surface area contributed by atoms with Gasteiger partial charge in [-0.2, -0.15) is 0 Å². The van der Waals surface area contributed by atoms with Crippen LogP contribution in [0, 0.1) is 5.82 Å². The van der Waals surface area contributed by atoms with Gasteiger partial charge >= 0.3 is 0 Å². The van der Waals surface area contributed by atoms with E-state index >= 15 is 0 Å². The average Bonchev–Trinajstić information content (AvgIpc) is 2.65. The van der Waals surface area contributed by atoms with E-state index in [9.17, 15) is 17.6 Å². The van der Waals surface area contributed by atoms with Crippen LogP contribution in [0.5, 0.6) is 11.5 Å². The van der Waals surface area contributed by atoms with Gasteiger partial charge in [0.05, 0.1) is 25.1 Å². The zero-order valence-electron chi connectivity index (χ0n) is 15.9. The Labute approximate surface area is 164 Å². The van der Waals surface area contributed by atoms with Gasteiger partial charge < -0.3 is 14.8 Å². The molecule has 0 bridgehead atoms. The molecule has 2 rings (SSSR count). The number of ether oxygens (including phenoxy) is 2. The summed E-state index contributed by atoms with van der Waals surface area (Å²) in [6, 6.07) is 12.0. The van der Waals surface area contributed by atoms with Crippen LogP contribution in [0.3, 0.4) is 0 Å². The lowest BCUT2D eigenvalue weighted by Gasteiger charge is -2.23. The summed E-state index contributed by atoms with van der Waals surface area (Å²) in [6.07, 6.45) is 0.920. The van der Waals surface area contributed by atoms with Crippen molar-refractivity contribution in [1.29, 1.82) is 0 Å². The van der Waals surface area contributed by atoms with Gasteiger partial charge in [-0.1, -0.05) is 12.1 Å². The lowest BCUT2D eigenvalue weighted by Crippen LogP contribution is -2.45. The molecule has 1 atom stereocenters. The number of benzene rings is 2. The summed E-state index contributed by atoms with van der Waals surface area (Å²) in [5.74, 6) is 0.00449. The minimum atomic E-state index is -3.84.